The third-order valence-electron chi connectivity index (χ3n) is 1.74. The number of rotatable bonds is 2. The highest BCUT2D eigenvalue weighted by Gasteiger charge is 2.01. The fourth-order valence-corrected chi connectivity index (χ4v) is 1.35. The Morgan fingerprint density at radius 2 is 2.17 bits per heavy atom. The molecule has 0 amide bonds. The monoisotopic (exact) mass is 182 g/mol. The van der Waals surface area contributed by atoms with E-state index in [-0.39, 0.29) is 5.78 Å². The zero-order chi connectivity index (χ0) is 9.14. The summed E-state index contributed by atoms with van der Waals surface area (Å²) in [5, 5.41) is 0.722. The third kappa shape index (κ3) is 2.35. The highest BCUT2D eigenvalue weighted by molar-refractivity contribution is 6.30. The number of hydrogen-bond donors (Lipinski definition) is 0. The summed E-state index contributed by atoms with van der Waals surface area (Å²) in [5.41, 5.74) is 2.14. The summed E-state index contributed by atoms with van der Waals surface area (Å²) in [5.74, 6) is 0.181. The molecule has 0 aliphatic rings. The van der Waals surface area contributed by atoms with Gasteiger partial charge >= 0.3 is 0 Å². The summed E-state index contributed by atoms with van der Waals surface area (Å²) in [6.07, 6.45) is 0.503. The largest absolute Gasteiger partial charge is 0.300 e. The van der Waals surface area contributed by atoms with Crippen molar-refractivity contribution in [2.45, 2.75) is 20.3 Å². The Bertz CT molecular complexity index is 305. The fraction of sp³-hybridized carbons (Fsp3) is 0.300. The SMILES string of the molecule is CC(=O)Cc1ccc(Cl)cc1C. The van der Waals surface area contributed by atoms with E-state index in [2.05, 4.69) is 0 Å². The smallest absolute Gasteiger partial charge is 0.134 e. The standard InChI is InChI=1S/C10H11ClO/c1-7-5-10(11)4-3-9(7)6-8(2)12/h3-5H,6H2,1-2H3. The first-order valence-corrected chi connectivity index (χ1v) is 4.22. The van der Waals surface area contributed by atoms with E-state index >= 15 is 0 Å². The number of ketones is 1. The number of hydrogen-bond acceptors (Lipinski definition) is 1. The molecule has 1 aromatic rings. The molecule has 0 saturated heterocycles. The second-order valence-electron chi connectivity index (χ2n) is 2.95. The summed E-state index contributed by atoms with van der Waals surface area (Å²) in [4.78, 5) is 10.8. The first-order valence-electron chi connectivity index (χ1n) is 3.84. The van der Waals surface area contributed by atoms with Crippen molar-refractivity contribution < 1.29 is 4.79 Å². The fourth-order valence-electron chi connectivity index (χ4n) is 1.13. The van der Waals surface area contributed by atoms with Crippen LogP contribution in [0.4, 0.5) is 0 Å². The molecule has 0 unspecified atom stereocenters. The van der Waals surface area contributed by atoms with E-state index in [4.69, 9.17) is 11.6 Å². The molecule has 0 radical (unpaired) electrons. The number of benzene rings is 1. The van der Waals surface area contributed by atoms with Crippen molar-refractivity contribution in [3.8, 4) is 0 Å². The predicted molar refractivity (Wildman–Crippen MR) is 50.6 cm³/mol. The summed E-state index contributed by atoms with van der Waals surface area (Å²) >= 11 is 5.77. The maximum absolute atomic E-state index is 10.8. The van der Waals surface area contributed by atoms with Crippen molar-refractivity contribution in [3.05, 3.63) is 34.3 Å². The van der Waals surface area contributed by atoms with Crippen LogP contribution in [0.5, 0.6) is 0 Å². The minimum Gasteiger partial charge on any atom is -0.300 e. The number of Topliss-reactive ketones (excluding diaryl/α,β-unsaturated/α-hetero) is 1. The molecule has 0 atom stereocenters. The quantitative estimate of drug-likeness (QED) is 0.688. The van der Waals surface area contributed by atoms with Gasteiger partial charge in [0.1, 0.15) is 5.78 Å². The maximum atomic E-state index is 10.8. The van der Waals surface area contributed by atoms with E-state index in [0.29, 0.717) is 6.42 Å². The molecule has 0 saturated carbocycles. The molecule has 1 rings (SSSR count). The maximum Gasteiger partial charge on any atom is 0.134 e. The second kappa shape index (κ2) is 3.72. The van der Waals surface area contributed by atoms with Crippen molar-refractivity contribution in [2.24, 2.45) is 0 Å². The molecule has 0 bridgehead atoms. The van der Waals surface area contributed by atoms with Gasteiger partial charge in [-0.05, 0) is 37.1 Å². The molecule has 0 aliphatic heterocycles. The van der Waals surface area contributed by atoms with Gasteiger partial charge in [0.15, 0.2) is 0 Å². The van der Waals surface area contributed by atoms with Crippen LogP contribution >= 0.6 is 11.6 Å². The molecule has 0 aromatic heterocycles. The van der Waals surface area contributed by atoms with Gasteiger partial charge in [-0.2, -0.15) is 0 Å². The summed E-state index contributed by atoms with van der Waals surface area (Å²) in [6, 6.07) is 5.59. The predicted octanol–water partition coefficient (Wildman–Crippen LogP) is 2.78. The minimum atomic E-state index is 0.181. The van der Waals surface area contributed by atoms with Crippen molar-refractivity contribution in [2.75, 3.05) is 0 Å². The van der Waals surface area contributed by atoms with Crippen LogP contribution in [0.15, 0.2) is 18.2 Å². The van der Waals surface area contributed by atoms with Crippen LogP contribution in [0.2, 0.25) is 5.02 Å². The molecule has 1 aromatic carbocycles. The zero-order valence-corrected chi connectivity index (χ0v) is 7.98. The first-order chi connectivity index (χ1) is 5.59. The first kappa shape index (κ1) is 9.27. The lowest BCUT2D eigenvalue weighted by molar-refractivity contribution is -0.116. The minimum absolute atomic E-state index is 0.181. The Morgan fingerprint density at radius 1 is 1.50 bits per heavy atom. The molecule has 0 N–H and O–H groups in total. The molecule has 64 valence electrons. The van der Waals surface area contributed by atoms with Crippen molar-refractivity contribution in [3.63, 3.8) is 0 Å². The normalized spacial score (nSPS) is 9.92. The van der Waals surface area contributed by atoms with Crippen LogP contribution in [0.3, 0.4) is 0 Å². The van der Waals surface area contributed by atoms with Crippen molar-refractivity contribution in [1.29, 1.82) is 0 Å². The highest BCUT2D eigenvalue weighted by Crippen LogP contribution is 2.15. The molecule has 12 heavy (non-hydrogen) atoms. The summed E-state index contributed by atoms with van der Waals surface area (Å²) in [6.45, 7) is 3.55. The lowest BCUT2D eigenvalue weighted by Crippen LogP contribution is -1.98. The average molecular weight is 183 g/mol. The lowest BCUT2D eigenvalue weighted by Gasteiger charge is -2.02. The Balaban J connectivity index is 2.93. The number of halogens is 1. The second-order valence-corrected chi connectivity index (χ2v) is 3.39. The van der Waals surface area contributed by atoms with E-state index < -0.39 is 0 Å². The van der Waals surface area contributed by atoms with Gasteiger partial charge in [-0.3, -0.25) is 4.79 Å². The third-order valence-corrected chi connectivity index (χ3v) is 1.98. The van der Waals surface area contributed by atoms with Crippen LogP contribution in [-0.4, -0.2) is 5.78 Å². The van der Waals surface area contributed by atoms with Gasteiger partial charge in [-0.25, -0.2) is 0 Å². The van der Waals surface area contributed by atoms with Gasteiger partial charge in [-0.15, -0.1) is 0 Å². The lowest BCUT2D eigenvalue weighted by atomic mass is 10.0. The van der Waals surface area contributed by atoms with E-state index in [1.165, 1.54) is 0 Å². The van der Waals surface area contributed by atoms with Gasteiger partial charge in [0.25, 0.3) is 0 Å². The van der Waals surface area contributed by atoms with Crippen LogP contribution in [0, 0.1) is 6.92 Å². The topological polar surface area (TPSA) is 17.1 Å². The summed E-state index contributed by atoms with van der Waals surface area (Å²) in [7, 11) is 0. The summed E-state index contributed by atoms with van der Waals surface area (Å²) < 4.78 is 0. The molecule has 0 fully saturated rings. The van der Waals surface area contributed by atoms with Crippen LogP contribution in [0.1, 0.15) is 18.1 Å². The Morgan fingerprint density at radius 3 is 2.67 bits per heavy atom. The average Bonchev–Trinajstić information content (AvgIpc) is 1.94. The molecule has 0 spiro atoms. The Kier molecular flexibility index (Phi) is 2.88. The van der Waals surface area contributed by atoms with Gasteiger partial charge in [0, 0.05) is 11.4 Å². The highest BCUT2D eigenvalue weighted by atomic mass is 35.5. The molecule has 1 nitrogen and oxygen atoms in total. The van der Waals surface area contributed by atoms with Crippen LogP contribution in [-0.2, 0) is 11.2 Å². The zero-order valence-electron chi connectivity index (χ0n) is 7.23. The molecular weight excluding hydrogens is 172 g/mol. The van der Waals surface area contributed by atoms with E-state index in [1.54, 1.807) is 6.92 Å². The van der Waals surface area contributed by atoms with Gasteiger partial charge < -0.3 is 0 Å². The van der Waals surface area contributed by atoms with Crippen molar-refractivity contribution in [1.82, 2.24) is 0 Å². The molecule has 0 aliphatic carbocycles. The molecule has 2 heteroatoms. The number of aryl methyl sites for hydroxylation is 1. The van der Waals surface area contributed by atoms with E-state index in [1.807, 2.05) is 25.1 Å². The molecule has 0 heterocycles. The number of carbonyl (C=O) groups is 1. The van der Waals surface area contributed by atoms with E-state index in [9.17, 15) is 4.79 Å². The molecular formula is C10H11ClO. The van der Waals surface area contributed by atoms with E-state index in [0.717, 1.165) is 16.1 Å². The van der Waals surface area contributed by atoms with Crippen LogP contribution in [0.25, 0.3) is 0 Å². The Labute approximate surface area is 77.4 Å². The van der Waals surface area contributed by atoms with Crippen LogP contribution < -0.4 is 0 Å². The van der Waals surface area contributed by atoms with Gasteiger partial charge in [-0.1, -0.05) is 17.7 Å². The Hall–Kier alpha value is -0.820. The van der Waals surface area contributed by atoms with Gasteiger partial charge in [0.2, 0.25) is 0 Å². The van der Waals surface area contributed by atoms with Gasteiger partial charge in [0.05, 0.1) is 0 Å². The van der Waals surface area contributed by atoms with Crippen molar-refractivity contribution >= 4 is 17.4 Å². The number of carbonyl (C=O) groups excluding carboxylic acids is 1.